The number of carboxylic acids is 1. The molecule has 4 nitrogen and oxygen atoms in total. The predicted octanol–water partition coefficient (Wildman–Crippen LogP) is 4.68. The highest BCUT2D eigenvalue weighted by Crippen LogP contribution is 2.39. The highest BCUT2D eigenvalue weighted by Gasteiger charge is 2.39. The third-order valence-corrected chi connectivity index (χ3v) is 5.67. The van der Waals surface area contributed by atoms with E-state index in [4.69, 9.17) is 16.7 Å². The lowest BCUT2D eigenvalue weighted by atomic mass is 9.88. The molecule has 26 heavy (non-hydrogen) atoms. The number of carbonyl (C=O) groups is 1. The number of aliphatic hydroxyl groups is 2. The van der Waals surface area contributed by atoms with Gasteiger partial charge in [0, 0.05) is 17.7 Å². The van der Waals surface area contributed by atoms with E-state index in [1.54, 1.807) is 0 Å². The van der Waals surface area contributed by atoms with E-state index in [0.29, 0.717) is 12.8 Å². The van der Waals surface area contributed by atoms with E-state index in [1.165, 1.54) is 0 Å². The standard InChI is InChI=1S/C21H35ClO4/c1-3-4-9-13-21(2,26)14-12-17-16(18(22)15-19(17)23)10-7-5-6-8-11-20(24)25/h5,7,12,14,16-19,23,26H,3-4,6,8-11,13,15H2,1-2H3,(H,24,25)/t16-,17-,18-,19-,21+/m1/s1. The van der Waals surface area contributed by atoms with Gasteiger partial charge in [-0.2, -0.15) is 0 Å². The van der Waals surface area contributed by atoms with Crippen LogP contribution in [0.3, 0.4) is 0 Å². The molecule has 1 rings (SSSR count). The first-order chi connectivity index (χ1) is 12.3. The predicted molar refractivity (Wildman–Crippen MR) is 106 cm³/mol. The minimum absolute atomic E-state index is 0.0566. The monoisotopic (exact) mass is 386 g/mol. The molecule has 0 spiro atoms. The van der Waals surface area contributed by atoms with E-state index < -0.39 is 17.7 Å². The van der Waals surface area contributed by atoms with Crippen molar-refractivity contribution in [2.24, 2.45) is 11.8 Å². The summed E-state index contributed by atoms with van der Waals surface area (Å²) >= 11 is 6.43. The van der Waals surface area contributed by atoms with Crippen LogP contribution in [0, 0.1) is 11.8 Å². The summed E-state index contributed by atoms with van der Waals surface area (Å²) in [7, 11) is 0. The molecule has 3 N–H and O–H groups in total. The molecule has 0 unspecified atom stereocenters. The van der Waals surface area contributed by atoms with Gasteiger partial charge in [-0.25, -0.2) is 0 Å². The fourth-order valence-corrected chi connectivity index (χ4v) is 4.00. The van der Waals surface area contributed by atoms with E-state index in [1.807, 2.05) is 31.2 Å². The molecule has 1 fully saturated rings. The molecule has 0 aromatic carbocycles. The molecule has 1 saturated carbocycles. The van der Waals surface area contributed by atoms with Gasteiger partial charge < -0.3 is 15.3 Å². The first kappa shape index (κ1) is 23.2. The Kier molecular flexibility index (Phi) is 10.5. The van der Waals surface area contributed by atoms with E-state index in [0.717, 1.165) is 38.5 Å². The summed E-state index contributed by atoms with van der Waals surface area (Å²) in [5.74, 6) is -0.696. The molecule has 5 atom stereocenters. The van der Waals surface area contributed by atoms with Crippen LogP contribution < -0.4 is 0 Å². The van der Waals surface area contributed by atoms with Crippen molar-refractivity contribution in [3.05, 3.63) is 24.3 Å². The Morgan fingerprint density at radius 3 is 2.65 bits per heavy atom. The second kappa shape index (κ2) is 11.8. The minimum atomic E-state index is -0.851. The Morgan fingerprint density at radius 1 is 1.27 bits per heavy atom. The molecule has 0 heterocycles. The van der Waals surface area contributed by atoms with Gasteiger partial charge in [-0.1, -0.05) is 50.5 Å². The zero-order valence-corrected chi connectivity index (χ0v) is 16.9. The topological polar surface area (TPSA) is 77.8 Å². The highest BCUT2D eigenvalue weighted by atomic mass is 35.5. The number of aliphatic hydroxyl groups excluding tert-OH is 1. The van der Waals surface area contributed by atoms with Crippen LogP contribution in [0.15, 0.2) is 24.3 Å². The Bertz CT molecular complexity index is 473. The van der Waals surface area contributed by atoms with Gasteiger partial charge in [0.1, 0.15) is 0 Å². The van der Waals surface area contributed by atoms with Crippen LogP contribution in [-0.2, 0) is 4.79 Å². The average molecular weight is 387 g/mol. The molecular weight excluding hydrogens is 352 g/mol. The van der Waals surface area contributed by atoms with Gasteiger partial charge in [0.25, 0.3) is 0 Å². The van der Waals surface area contributed by atoms with Gasteiger partial charge in [0.2, 0.25) is 0 Å². The van der Waals surface area contributed by atoms with E-state index in [9.17, 15) is 15.0 Å². The van der Waals surface area contributed by atoms with Crippen LogP contribution in [0.1, 0.15) is 71.6 Å². The number of aliphatic carboxylic acids is 1. The van der Waals surface area contributed by atoms with Gasteiger partial charge in [-0.05, 0) is 44.9 Å². The molecule has 0 aromatic heterocycles. The fourth-order valence-electron chi connectivity index (χ4n) is 3.54. The molecule has 0 radical (unpaired) electrons. The summed E-state index contributed by atoms with van der Waals surface area (Å²) in [6.45, 7) is 3.95. The molecule has 150 valence electrons. The van der Waals surface area contributed by atoms with Crippen LogP contribution >= 0.6 is 11.6 Å². The maximum absolute atomic E-state index is 10.5. The third-order valence-electron chi connectivity index (χ3n) is 5.17. The Labute approximate surface area is 163 Å². The number of unbranched alkanes of at least 4 members (excludes halogenated alkanes) is 3. The smallest absolute Gasteiger partial charge is 0.303 e. The van der Waals surface area contributed by atoms with E-state index in [2.05, 4.69) is 6.92 Å². The number of allylic oxidation sites excluding steroid dienone is 2. The fraction of sp³-hybridized carbons (Fsp3) is 0.762. The lowest BCUT2D eigenvalue weighted by Gasteiger charge is -2.23. The van der Waals surface area contributed by atoms with Gasteiger partial charge in [0.15, 0.2) is 0 Å². The Balaban J connectivity index is 2.56. The number of carboxylic acid groups (broad SMARTS) is 1. The maximum Gasteiger partial charge on any atom is 0.303 e. The van der Waals surface area contributed by atoms with Crippen molar-refractivity contribution in [3.8, 4) is 0 Å². The van der Waals surface area contributed by atoms with Crippen LogP contribution in [0.5, 0.6) is 0 Å². The first-order valence-electron chi connectivity index (χ1n) is 9.87. The van der Waals surface area contributed by atoms with Gasteiger partial charge in [0.05, 0.1) is 11.7 Å². The summed E-state index contributed by atoms with van der Waals surface area (Å²) in [4.78, 5) is 10.5. The van der Waals surface area contributed by atoms with E-state index in [-0.39, 0.29) is 23.6 Å². The highest BCUT2D eigenvalue weighted by molar-refractivity contribution is 6.21. The average Bonchev–Trinajstić information content (AvgIpc) is 2.82. The number of hydrogen-bond acceptors (Lipinski definition) is 3. The van der Waals surface area contributed by atoms with Gasteiger partial charge in [-0.15, -0.1) is 11.6 Å². The summed E-state index contributed by atoms with van der Waals surface area (Å²) < 4.78 is 0. The van der Waals surface area contributed by atoms with Gasteiger partial charge >= 0.3 is 5.97 Å². The zero-order valence-electron chi connectivity index (χ0n) is 16.1. The third kappa shape index (κ3) is 8.70. The summed E-state index contributed by atoms with van der Waals surface area (Å²) in [5, 5.41) is 29.4. The molecule has 5 heteroatoms. The summed E-state index contributed by atoms with van der Waals surface area (Å²) in [6.07, 6.45) is 14.1. The molecule has 1 aliphatic carbocycles. The first-order valence-corrected chi connectivity index (χ1v) is 10.3. The van der Waals surface area contributed by atoms with Crippen molar-refractivity contribution >= 4 is 17.6 Å². The zero-order chi connectivity index (χ0) is 19.6. The molecule has 0 amide bonds. The second-order valence-corrected chi connectivity index (χ2v) is 8.29. The molecule has 1 aliphatic rings. The van der Waals surface area contributed by atoms with Gasteiger partial charge in [-0.3, -0.25) is 4.79 Å². The van der Waals surface area contributed by atoms with Crippen molar-refractivity contribution in [2.75, 3.05) is 0 Å². The van der Waals surface area contributed by atoms with Crippen molar-refractivity contribution in [1.29, 1.82) is 0 Å². The second-order valence-electron chi connectivity index (χ2n) is 7.73. The minimum Gasteiger partial charge on any atom is -0.481 e. The molecule has 0 bridgehead atoms. The molecular formula is C21H35ClO4. The van der Waals surface area contributed by atoms with Crippen LogP contribution in [-0.4, -0.2) is 38.4 Å². The maximum atomic E-state index is 10.5. The van der Waals surface area contributed by atoms with Crippen molar-refractivity contribution < 1.29 is 20.1 Å². The summed E-state index contributed by atoms with van der Waals surface area (Å²) in [6, 6.07) is 0. The van der Waals surface area contributed by atoms with Crippen molar-refractivity contribution in [3.63, 3.8) is 0 Å². The number of hydrogen-bond donors (Lipinski definition) is 3. The van der Waals surface area contributed by atoms with Crippen LogP contribution in [0.25, 0.3) is 0 Å². The molecule has 0 saturated heterocycles. The Morgan fingerprint density at radius 2 is 2.00 bits per heavy atom. The van der Waals surface area contributed by atoms with Crippen LogP contribution in [0.4, 0.5) is 0 Å². The lowest BCUT2D eigenvalue weighted by molar-refractivity contribution is -0.137. The number of rotatable bonds is 12. The SMILES string of the molecule is CCCCC[C@](C)(O)C=C[C@@H]1[C@@H](CC=CCCCC(=O)O)[C@H](Cl)C[C@H]1O. The van der Waals surface area contributed by atoms with E-state index >= 15 is 0 Å². The number of halogens is 1. The number of alkyl halides is 1. The summed E-state index contributed by atoms with van der Waals surface area (Å²) in [5.41, 5.74) is -0.851. The normalized spacial score (nSPS) is 28.8. The quantitative estimate of drug-likeness (QED) is 0.258. The molecule has 0 aliphatic heterocycles. The van der Waals surface area contributed by atoms with Crippen LogP contribution in [0.2, 0.25) is 0 Å². The van der Waals surface area contributed by atoms with Crippen molar-refractivity contribution in [2.45, 2.75) is 88.7 Å². The van der Waals surface area contributed by atoms with Crippen molar-refractivity contribution in [1.82, 2.24) is 0 Å². The molecule has 0 aromatic rings. The lowest BCUT2D eigenvalue weighted by Crippen LogP contribution is -2.23. The largest absolute Gasteiger partial charge is 0.481 e. The Hall–Kier alpha value is -0.840.